The van der Waals surface area contributed by atoms with Crippen LogP contribution in [0, 0.1) is 5.92 Å². The lowest BCUT2D eigenvalue weighted by molar-refractivity contribution is 0.102. The van der Waals surface area contributed by atoms with E-state index < -0.39 is 0 Å². The molecule has 0 aliphatic carbocycles. The average Bonchev–Trinajstić information content (AvgIpc) is 2.88. The molecule has 0 spiro atoms. The highest BCUT2D eigenvalue weighted by atomic mass is 16.5. The molecular formula is C27H34N6O2. The molecule has 0 saturated carbocycles. The molecule has 3 heterocycles. The summed E-state index contributed by atoms with van der Waals surface area (Å²) in [5, 5.41) is 6.20. The molecule has 35 heavy (non-hydrogen) atoms. The van der Waals surface area contributed by atoms with Crippen LogP contribution in [0.1, 0.15) is 48.3 Å². The van der Waals surface area contributed by atoms with Crippen LogP contribution >= 0.6 is 0 Å². The highest BCUT2D eigenvalue weighted by Gasteiger charge is 2.33. The zero-order valence-corrected chi connectivity index (χ0v) is 20.9. The van der Waals surface area contributed by atoms with E-state index in [1.165, 1.54) is 25.5 Å². The number of amides is 1. The molecule has 2 aromatic heterocycles. The van der Waals surface area contributed by atoms with Gasteiger partial charge in [0, 0.05) is 18.1 Å². The lowest BCUT2D eigenvalue weighted by Crippen LogP contribution is -2.39. The van der Waals surface area contributed by atoms with Crippen LogP contribution in [-0.4, -0.2) is 53.0 Å². The van der Waals surface area contributed by atoms with Crippen molar-refractivity contribution in [2.75, 3.05) is 37.9 Å². The van der Waals surface area contributed by atoms with Crippen LogP contribution in [0.2, 0.25) is 0 Å². The van der Waals surface area contributed by atoms with Gasteiger partial charge in [-0.2, -0.15) is 4.98 Å². The zero-order valence-electron chi connectivity index (χ0n) is 20.9. The first-order chi connectivity index (χ1) is 16.9. The number of nitrogens with one attached hydrogen (secondary N) is 2. The molecule has 2 N–H and O–H groups in total. The Labute approximate surface area is 207 Å². The second kappa shape index (κ2) is 10.8. The number of carbonyl (C=O) groups excluding carboxylic acids is 1. The van der Waals surface area contributed by atoms with Crippen LogP contribution in [0.25, 0.3) is 0 Å². The Balaban J connectivity index is 1.41. The molecule has 3 aromatic rings. The van der Waals surface area contributed by atoms with Crippen molar-refractivity contribution in [3.8, 4) is 6.01 Å². The first-order valence-electron chi connectivity index (χ1n) is 12.0. The number of carbonyl (C=O) groups is 1. The van der Waals surface area contributed by atoms with Gasteiger partial charge in [0.15, 0.2) is 0 Å². The number of aromatic nitrogens is 3. The standard InChI is InChI=1S/C27H34N6O2/c1-27(2,20-12-16-33(3)17-13-20)19-7-9-21(10-8-19)31-25(34)23-6-5-14-28-24(23)30-18-22-11-15-29-26(32-22)35-4/h5-11,14-15,20H,12-13,16-18H2,1-4H3,(H,28,30)(H,31,34). The van der Waals surface area contributed by atoms with Crippen molar-refractivity contribution in [1.82, 2.24) is 19.9 Å². The third kappa shape index (κ3) is 5.95. The minimum Gasteiger partial charge on any atom is -0.467 e. The summed E-state index contributed by atoms with van der Waals surface area (Å²) in [5.74, 6) is 0.920. The minimum atomic E-state index is -0.219. The van der Waals surface area contributed by atoms with Crippen LogP contribution in [-0.2, 0) is 12.0 Å². The number of nitrogens with zero attached hydrogens (tertiary/aromatic N) is 4. The average molecular weight is 475 g/mol. The fourth-order valence-corrected chi connectivity index (χ4v) is 4.62. The van der Waals surface area contributed by atoms with E-state index in [1.807, 2.05) is 12.1 Å². The van der Waals surface area contributed by atoms with Crippen LogP contribution < -0.4 is 15.4 Å². The van der Waals surface area contributed by atoms with Gasteiger partial charge in [0.25, 0.3) is 5.91 Å². The summed E-state index contributed by atoms with van der Waals surface area (Å²) in [7, 11) is 3.72. The summed E-state index contributed by atoms with van der Waals surface area (Å²) >= 11 is 0. The Morgan fingerprint density at radius 3 is 2.54 bits per heavy atom. The van der Waals surface area contributed by atoms with Crippen molar-refractivity contribution < 1.29 is 9.53 Å². The number of pyridine rings is 1. The van der Waals surface area contributed by atoms with Gasteiger partial charge in [-0.3, -0.25) is 4.79 Å². The van der Waals surface area contributed by atoms with Gasteiger partial charge in [0.05, 0.1) is 24.9 Å². The van der Waals surface area contributed by atoms with E-state index in [2.05, 4.69) is 63.5 Å². The van der Waals surface area contributed by atoms with E-state index in [9.17, 15) is 4.79 Å². The van der Waals surface area contributed by atoms with Crippen molar-refractivity contribution in [2.45, 2.75) is 38.6 Å². The smallest absolute Gasteiger partial charge is 0.316 e. The number of methoxy groups -OCH3 is 1. The number of hydrogen-bond acceptors (Lipinski definition) is 7. The van der Waals surface area contributed by atoms with Crippen LogP contribution in [0.4, 0.5) is 11.5 Å². The third-order valence-electron chi connectivity index (χ3n) is 6.99. The number of piperidine rings is 1. The minimum absolute atomic E-state index is 0.0912. The third-order valence-corrected chi connectivity index (χ3v) is 6.99. The summed E-state index contributed by atoms with van der Waals surface area (Å²) in [6.45, 7) is 7.34. The Morgan fingerprint density at radius 2 is 1.83 bits per heavy atom. The maximum absolute atomic E-state index is 13.1. The van der Waals surface area contributed by atoms with Gasteiger partial charge in [0.1, 0.15) is 5.82 Å². The zero-order chi connectivity index (χ0) is 24.8. The maximum atomic E-state index is 13.1. The van der Waals surface area contributed by atoms with Crippen molar-refractivity contribution in [3.63, 3.8) is 0 Å². The Hall–Kier alpha value is -3.52. The molecule has 184 valence electrons. The van der Waals surface area contributed by atoms with Gasteiger partial charge in [-0.25, -0.2) is 9.97 Å². The molecule has 1 aliphatic rings. The highest BCUT2D eigenvalue weighted by molar-refractivity contribution is 6.07. The molecule has 0 atom stereocenters. The summed E-state index contributed by atoms with van der Waals surface area (Å²) < 4.78 is 5.07. The summed E-state index contributed by atoms with van der Waals surface area (Å²) in [6.07, 6.45) is 5.70. The van der Waals surface area contributed by atoms with Gasteiger partial charge in [0.2, 0.25) is 0 Å². The predicted octanol–water partition coefficient (Wildman–Crippen LogP) is 4.36. The molecule has 1 saturated heterocycles. The van der Waals surface area contributed by atoms with Crippen molar-refractivity contribution >= 4 is 17.4 Å². The van der Waals surface area contributed by atoms with Gasteiger partial charge < -0.3 is 20.3 Å². The Kier molecular flexibility index (Phi) is 7.60. The summed E-state index contributed by atoms with van der Waals surface area (Å²) in [4.78, 5) is 28.1. The largest absolute Gasteiger partial charge is 0.467 e. The molecule has 8 heteroatoms. The Bertz CT molecular complexity index is 1140. The first-order valence-corrected chi connectivity index (χ1v) is 12.0. The SMILES string of the molecule is COc1nccc(CNc2ncccc2C(=O)Nc2ccc(C(C)(C)C3CCN(C)CC3)cc2)n1. The highest BCUT2D eigenvalue weighted by Crippen LogP contribution is 2.38. The fraction of sp³-hybridized carbons (Fsp3) is 0.407. The van der Waals surface area contributed by atoms with Gasteiger partial charge in [-0.05, 0) is 80.2 Å². The van der Waals surface area contributed by atoms with Crippen molar-refractivity contribution in [2.24, 2.45) is 5.92 Å². The van der Waals surface area contributed by atoms with Crippen LogP contribution in [0.3, 0.4) is 0 Å². The lowest BCUT2D eigenvalue weighted by Gasteiger charge is -2.40. The number of likely N-dealkylation sites (tertiary alicyclic amines) is 1. The van der Waals surface area contributed by atoms with E-state index in [-0.39, 0.29) is 11.3 Å². The molecule has 0 unspecified atom stereocenters. The molecule has 1 fully saturated rings. The molecule has 1 amide bonds. The lowest BCUT2D eigenvalue weighted by atomic mass is 9.69. The Morgan fingerprint density at radius 1 is 1.09 bits per heavy atom. The number of anilines is 2. The number of ether oxygens (including phenoxy) is 1. The molecule has 1 aromatic carbocycles. The molecule has 4 rings (SSSR count). The van der Waals surface area contributed by atoms with E-state index in [4.69, 9.17) is 4.74 Å². The predicted molar refractivity (Wildman–Crippen MR) is 138 cm³/mol. The summed E-state index contributed by atoms with van der Waals surface area (Å²) in [6, 6.07) is 13.8. The molecule has 1 aliphatic heterocycles. The molecule has 0 bridgehead atoms. The first kappa shape index (κ1) is 24.6. The fourth-order valence-electron chi connectivity index (χ4n) is 4.62. The van der Waals surface area contributed by atoms with Crippen molar-refractivity contribution in [1.29, 1.82) is 0 Å². The number of benzene rings is 1. The number of rotatable bonds is 8. The van der Waals surface area contributed by atoms with E-state index in [0.29, 0.717) is 29.9 Å². The second-order valence-corrected chi connectivity index (χ2v) is 9.62. The van der Waals surface area contributed by atoms with Crippen molar-refractivity contribution in [3.05, 3.63) is 71.7 Å². The summed E-state index contributed by atoms with van der Waals surface area (Å²) in [5.41, 5.74) is 3.34. The molecule has 8 nitrogen and oxygen atoms in total. The van der Waals surface area contributed by atoms with Gasteiger partial charge in [-0.15, -0.1) is 0 Å². The number of hydrogen-bond donors (Lipinski definition) is 2. The normalized spacial score (nSPS) is 15.0. The van der Waals surface area contributed by atoms with E-state index >= 15 is 0 Å². The molecular weight excluding hydrogens is 440 g/mol. The van der Waals surface area contributed by atoms with E-state index in [0.717, 1.165) is 24.5 Å². The van der Waals surface area contributed by atoms with Gasteiger partial charge >= 0.3 is 6.01 Å². The second-order valence-electron chi connectivity index (χ2n) is 9.62. The maximum Gasteiger partial charge on any atom is 0.316 e. The van der Waals surface area contributed by atoms with Crippen LogP contribution in [0.15, 0.2) is 54.9 Å². The van der Waals surface area contributed by atoms with Gasteiger partial charge in [-0.1, -0.05) is 26.0 Å². The van der Waals surface area contributed by atoms with Crippen LogP contribution in [0.5, 0.6) is 6.01 Å². The topological polar surface area (TPSA) is 92.3 Å². The van der Waals surface area contributed by atoms with E-state index in [1.54, 1.807) is 30.6 Å². The monoisotopic (exact) mass is 474 g/mol. The quantitative estimate of drug-likeness (QED) is 0.501. The molecule has 0 radical (unpaired) electrons.